The second-order valence-corrected chi connectivity index (χ2v) is 11.6. The molecular weight excluding hydrogens is 553 g/mol. The number of hydrogen-bond donors (Lipinski definition) is 2. The summed E-state index contributed by atoms with van der Waals surface area (Å²) in [4.78, 5) is 39.4. The fourth-order valence-electron chi connectivity index (χ4n) is 6.08. The van der Waals surface area contributed by atoms with E-state index in [4.69, 9.17) is 4.42 Å². The molecule has 1 aliphatic carbocycles. The molecular formula is C29H37F3N6O4. The van der Waals surface area contributed by atoms with Crippen molar-refractivity contribution in [3.63, 3.8) is 0 Å². The maximum Gasteiger partial charge on any atom is 0.437 e. The Morgan fingerprint density at radius 3 is 2.31 bits per heavy atom. The summed E-state index contributed by atoms with van der Waals surface area (Å²) in [6.45, 7) is 8.91. The van der Waals surface area contributed by atoms with Gasteiger partial charge in [0, 0.05) is 51.1 Å². The maximum atomic E-state index is 13.7. The number of pyridine rings is 1. The maximum absolute atomic E-state index is 13.7. The Labute approximate surface area is 242 Å². The van der Waals surface area contributed by atoms with Crippen molar-refractivity contribution in [2.45, 2.75) is 51.6 Å². The van der Waals surface area contributed by atoms with Gasteiger partial charge in [0.15, 0.2) is 5.69 Å². The number of oxazole rings is 1. The van der Waals surface area contributed by atoms with Gasteiger partial charge in [-0.05, 0) is 56.6 Å². The number of nitrogens with zero attached hydrogens (tertiary/aromatic N) is 5. The summed E-state index contributed by atoms with van der Waals surface area (Å²) < 4.78 is 46.5. The molecule has 0 radical (unpaired) electrons. The molecule has 2 aromatic rings. The lowest BCUT2D eigenvalue weighted by molar-refractivity contribution is -0.141. The lowest BCUT2D eigenvalue weighted by atomic mass is 9.80. The number of hydrogen-bond acceptors (Lipinski definition) is 8. The standard InChI is InChI=1S/C29H37F3N6O4/c1-18-4-3-11-38(17-18)28-35-25(29(30,31)32)24(42-28)26(40)34-22-9-10-23(33-16-22)36-12-14-37(15-13-36)27(41)21-7-5-20(6-8-21)19(2)39/h9-10,16,18,20-21,39H,2-8,11-15,17H2,1H3,(H,34,40). The predicted octanol–water partition coefficient (Wildman–Crippen LogP) is 5.10. The van der Waals surface area contributed by atoms with Gasteiger partial charge >= 0.3 is 6.18 Å². The number of aromatic nitrogens is 2. The first kappa shape index (κ1) is 29.7. The molecule has 4 heterocycles. The average molecular weight is 591 g/mol. The highest BCUT2D eigenvalue weighted by Crippen LogP contribution is 2.36. The van der Waals surface area contributed by atoms with E-state index < -0.39 is 23.5 Å². The molecule has 13 heteroatoms. The Balaban J connectivity index is 1.17. The zero-order valence-corrected chi connectivity index (χ0v) is 23.7. The fourth-order valence-corrected chi connectivity index (χ4v) is 6.08. The number of carbonyl (C=O) groups excluding carboxylic acids is 2. The van der Waals surface area contributed by atoms with Gasteiger partial charge in [-0.3, -0.25) is 9.59 Å². The number of alkyl halides is 3. The zero-order valence-electron chi connectivity index (χ0n) is 23.7. The highest BCUT2D eigenvalue weighted by Gasteiger charge is 2.42. The molecule has 3 fully saturated rings. The molecule has 2 aromatic heterocycles. The molecule has 2 amide bonds. The van der Waals surface area contributed by atoms with Crippen LogP contribution in [0.15, 0.2) is 35.1 Å². The monoisotopic (exact) mass is 590 g/mol. The Hall–Kier alpha value is -3.77. The van der Waals surface area contributed by atoms with Crippen molar-refractivity contribution in [3.05, 3.63) is 42.1 Å². The van der Waals surface area contributed by atoms with Crippen LogP contribution in [0, 0.1) is 17.8 Å². The molecule has 0 spiro atoms. The highest BCUT2D eigenvalue weighted by molar-refractivity contribution is 6.03. The van der Waals surface area contributed by atoms with Gasteiger partial charge in [0.25, 0.3) is 11.9 Å². The minimum Gasteiger partial charge on any atom is -0.513 e. The first-order valence-corrected chi connectivity index (χ1v) is 14.5. The van der Waals surface area contributed by atoms with E-state index >= 15 is 0 Å². The third-order valence-corrected chi connectivity index (χ3v) is 8.49. The van der Waals surface area contributed by atoms with E-state index in [9.17, 15) is 27.9 Å². The number of anilines is 3. The molecule has 10 nitrogen and oxygen atoms in total. The van der Waals surface area contributed by atoms with Gasteiger partial charge in [-0.2, -0.15) is 18.2 Å². The van der Waals surface area contributed by atoms with Crippen LogP contribution in [-0.4, -0.2) is 71.1 Å². The van der Waals surface area contributed by atoms with Gasteiger partial charge in [-0.1, -0.05) is 13.5 Å². The minimum atomic E-state index is -4.85. The number of nitrogens with one attached hydrogen (secondary N) is 1. The molecule has 228 valence electrons. The fraction of sp³-hybridized carbons (Fsp3) is 0.586. The SMILES string of the molecule is C=C(O)C1CCC(C(=O)N2CCN(c3ccc(NC(=O)c4oc(N5CCCC(C)C5)nc4C(F)(F)F)cn3)CC2)CC1. The van der Waals surface area contributed by atoms with Crippen molar-refractivity contribution >= 4 is 29.3 Å². The van der Waals surface area contributed by atoms with E-state index in [1.165, 1.54) is 6.20 Å². The highest BCUT2D eigenvalue weighted by atomic mass is 19.4. The number of aliphatic hydroxyl groups excluding tert-OH is 1. The van der Waals surface area contributed by atoms with Crippen molar-refractivity contribution in [2.75, 3.05) is 54.4 Å². The Morgan fingerprint density at radius 2 is 1.71 bits per heavy atom. The van der Waals surface area contributed by atoms with Crippen LogP contribution in [0.25, 0.3) is 0 Å². The number of halogens is 3. The summed E-state index contributed by atoms with van der Waals surface area (Å²) in [6, 6.07) is 3.05. The van der Waals surface area contributed by atoms with E-state index in [1.807, 2.05) is 16.7 Å². The zero-order chi connectivity index (χ0) is 30.0. The lowest BCUT2D eigenvalue weighted by Crippen LogP contribution is -2.51. The van der Waals surface area contributed by atoms with Crippen LogP contribution < -0.4 is 15.1 Å². The normalized spacial score (nSPS) is 23.5. The summed E-state index contributed by atoms with van der Waals surface area (Å²) in [5.74, 6) is -0.619. The number of piperidine rings is 1. The van der Waals surface area contributed by atoms with Crippen LogP contribution in [0.2, 0.25) is 0 Å². The summed E-state index contributed by atoms with van der Waals surface area (Å²) in [7, 11) is 0. The molecule has 1 unspecified atom stereocenters. The van der Waals surface area contributed by atoms with Crippen LogP contribution in [0.4, 0.5) is 30.7 Å². The molecule has 3 aliphatic rings. The van der Waals surface area contributed by atoms with E-state index in [2.05, 4.69) is 21.9 Å². The Morgan fingerprint density at radius 1 is 1.02 bits per heavy atom. The van der Waals surface area contributed by atoms with Crippen molar-refractivity contribution in [2.24, 2.45) is 17.8 Å². The van der Waals surface area contributed by atoms with E-state index in [0.29, 0.717) is 45.1 Å². The van der Waals surface area contributed by atoms with Crippen molar-refractivity contribution in [3.8, 4) is 0 Å². The molecule has 1 saturated carbocycles. The quantitative estimate of drug-likeness (QED) is 0.447. The largest absolute Gasteiger partial charge is 0.513 e. The second kappa shape index (κ2) is 12.2. The molecule has 5 rings (SSSR count). The van der Waals surface area contributed by atoms with Gasteiger partial charge in [0.1, 0.15) is 5.82 Å². The summed E-state index contributed by atoms with van der Waals surface area (Å²) in [5.41, 5.74) is -1.13. The van der Waals surface area contributed by atoms with Gasteiger partial charge in [0.2, 0.25) is 11.7 Å². The summed E-state index contributed by atoms with van der Waals surface area (Å²) >= 11 is 0. The third-order valence-electron chi connectivity index (χ3n) is 8.49. The smallest absolute Gasteiger partial charge is 0.437 e. The summed E-state index contributed by atoms with van der Waals surface area (Å²) in [5, 5.41) is 12.1. The van der Waals surface area contributed by atoms with Crippen molar-refractivity contribution in [1.82, 2.24) is 14.9 Å². The molecule has 2 N–H and O–H groups in total. The van der Waals surface area contributed by atoms with Crippen molar-refractivity contribution < 1.29 is 32.3 Å². The van der Waals surface area contributed by atoms with Crippen molar-refractivity contribution in [1.29, 1.82) is 0 Å². The van der Waals surface area contributed by atoms with Crippen LogP contribution in [0.5, 0.6) is 0 Å². The van der Waals surface area contributed by atoms with Crippen LogP contribution in [0.1, 0.15) is 61.7 Å². The Bertz CT molecular complexity index is 1280. The van der Waals surface area contributed by atoms with Crippen LogP contribution in [0.3, 0.4) is 0 Å². The molecule has 0 bridgehead atoms. The first-order valence-electron chi connectivity index (χ1n) is 14.5. The average Bonchev–Trinajstić information content (AvgIpc) is 3.44. The first-order chi connectivity index (χ1) is 20.0. The number of allylic oxidation sites excluding steroid dienone is 1. The van der Waals surface area contributed by atoms with E-state index in [0.717, 1.165) is 38.5 Å². The second-order valence-electron chi connectivity index (χ2n) is 11.6. The minimum absolute atomic E-state index is 0.0325. The number of rotatable bonds is 6. The number of piperazine rings is 1. The van der Waals surface area contributed by atoms with Crippen LogP contribution in [-0.2, 0) is 11.0 Å². The molecule has 42 heavy (non-hydrogen) atoms. The molecule has 2 saturated heterocycles. The topological polar surface area (TPSA) is 115 Å². The van der Waals surface area contributed by atoms with E-state index in [1.54, 1.807) is 17.0 Å². The van der Waals surface area contributed by atoms with Crippen LogP contribution >= 0.6 is 0 Å². The lowest BCUT2D eigenvalue weighted by Gasteiger charge is -2.38. The number of amides is 2. The molecule has 1 atom stereocenters. The van der Waals surface area contributed by atoms with Gasteiger partial charge in [-0.15, -0.1) is 0 Å². The predicted molar refractivity (Wildman–Crippen MR) is 150 cm³/mol. The van der Waals surface area contributed by atoms with E-state index in [-0.39, 0.29) is 41.1 Å². The molecule has 2 aliphatic heterocycles. The number of carbonyl (C=O) groups is 2. The van der Waals surface area contributed by atoms with Gasteiger partial charge < -0.3 is 29.5 Å². The summed E-state index contributed by atoms with van der Waals surface area (Å²) in [6.07, 6.45) is 1.34. The van der Waals surface area contributed by atoms with Gasteiger partial charge in [0.05, 0.1) is 17.6 Å². The molecule has 0 aromatic carbocycles. The van der Waals surface area contributed by atoms with Gasteiger partial charge in [-0.25, -0.2) is 4.98 Å². The third kappa shape index (κ3) is 6.65. The number of aliphatic hydroxyl groups is 1. The Kier molecular flexibility index (Phi) is 8.65.